The third kappa shape index (κ3) is 2.73. The summed E-state index contributed by atoms with van der Waals surface area (Å²) in [7, 11) is 2.08. The molecular formula is C9H19NO2. The normalized spacial score (nSPS) is 24.2. The van der Waals surface area contributed by atoms with Gasteiger partial charge in [-0.05, 0) is 26.8 Å². The van der Waals surface area contributed by atoms with Gasteiger partial charge in [0.15, 0.2) is 0 Å². The van der Waals surface area contributed by atoms with Gasteiger partial charge in [-0.2, -0.15) is 0 Å². The fourth-order valence-corrected chi connectivity index (χ4v) is 1.47. The molecular weight excluding hydrogens is 154 g/mol. The highest BCUT2D eigenvalue weighted by atomic mass is 16.5. The Hall–Kier alpha value is -0.120. The van der Waals surface area contributed by atoms with Crippen LogP contribution < -0.4 is 0 Å². The van der Waals surface area contributed by atoms with Crippen molar-refractivity contribution in [3.63, 3.8) is 0 Å². The molecule has 1 saturated heterocycles. The maximum Gasteiger partial charge on any atom is 0.0904 e. The lowest BCUT2D eigenvalue weighted by atomic mass is 9.93. The van der Waals surface area contributed by atoms with Crippen LogP contribution in [0.4, 0.5) is 0 Å². The quantitative estimate of drug-likeness (QED) is 0.674. The van der Waals surface area contributed by atoms with Crippen LogP contribution in [0.25, 0.3) is 0 Å². The Kier molecular flexibility index (Phi) is 3.50. The lowest BCUT2D eigenvalue weighted by Crippen LogP contribution is -2.45. The molecule has 3 heteroatoms. The molecule has 0 saturated carbocycles. The Morgan fingerprint density at radius 1 is 1.42 bits per heavy atom. The molecule has 1 rings (SSSR count). The first-order valence-electron chi connectivity index (χ1n) is 4.65. The molecule has 0 aromatic rings. The van der Waals surface area contributed by atoms with Gasteiger partial charge in [-0.1, -0.05) is 0 Å². The number of nitrogens with zero attached hydrogens (tertiary/aromatic N) is 1. The first-order chi connectivity index (χ1) is 5.66. The highest BCUT2D eigenvalue weighted by molar-refractivity contribution is 4.84. The fourth-order valence-electron chi connectivity index (χ4n) is 1.47. The van der Waals surface area contributed by atoms with E-state index < -0.39 is 5.60 Å². The molecule has 0 unspecified atom stereocenters. The Bertz CT molecular complexity index is 125. The Labute approximate surface area is 74.3 Å². The number of rotatable bonds is 3. The molecule has 1 aliphatic rings. The number of hydrogen-bond donors (Lipinski definition) is 1. The number of aliphatic hydroxyl groups is 1. The summed E-state index contributed by atoms with van der Waals surface area (Å²) in [6, 6.07) is 0. The van der Waals surface area contributed by atoms with Gasteiger partial charge >= 0.3 is 0 Å². The third-order valence-electron chi connectivity index (χ3n) is 2.49. The molecule has 1 fully saturated rings. The van der Waals surface area contributed by atoms with Gasteiger partial charge in [0.2, 0.25) is 0 Å². The predicted octanol–water partition coefficient (Wildman–Crippen LogP) is 0.480. The minimum absolute atomic E-state index is 0.497. The van der Waals surface area contributed by atoms with Gasteiger partial charge in [-0.15, -0.1) is 0 Å². The molecule has 1 aliphatic heterocycles. The van der Waals surface area contributed by atoms with Crippen LogP contribution in [0, 0.1) is 0 Å². The van der Waals surface area contributed by atoms with E-state index in [-0.39, 0.29) is 0 Å². The molecule has 0 aromatic carbocycles. The Balaban J connectivity index is 2.29. The zero-order valence-corrected chi connectivity index (χ0v) is 8.05. The van der Waals surface area contributed by atoms with E-state index >= 15 is 0 Å². The monoisotopic (exact) mass is 173 g/mol. The van der Waals surface area contributed by atoms with Gasteiger partial charge in [0, 0.05) is 19.7 Å². The number of piperidine rings is 1. The Morgan fingerprint density at radius 2 is 2.00 bits per heavy atom. The average molecular weight is 173 g/mol. The van der Waals surface area contributed by atoms with Crippen molar-refractivity contribution < 1.29 is 9.84 Å². The second kappa shape index (κ2) is 4.21. The highest BCUT2D eigenvalue weighted by Crippen LogP contribution is 2.21. The minimum atomic E-state index is -0.553. The van der Waals surface area contributed by atoms with Crippen molar-refractivity contribution in [1.29, 1.82) is 0 Å². The summed E-state index contributed by atoms with van der Waals surface area (Å²) in [5.41, 5.74) is -0.553. The molecule has 0 atom stereocenters. The van der Waals surface area contributed by atoms with Gasteiger partial charge in [-0.25, -0.2) is 0 Å². The van der Waals surface area contributed by atoms with Crippen LogP contribution in [-0.2, 0) is 4.74 Å². The lowest BCUT2D eigenvalue weighted by molar-refractivity contribution is -0.0763. The molecule has 0 aromatic heterocycles. The van der Waals surface area contributed by atoms with Crippen LogP contribution in [0.15, 0.2) is 0 Å². The third-order valence-corrected chi connectivity index (χ3v) is 2.49. The summed E-state index contributed by atoms with van der Waals surface area (Å²) in [4.78, 5) is 2.24. The molecule has 1 N–H and O–H groups in total. The predicted molar refractivity (Wildman–Crippen MR) is 48.2 cm³/mol. The minimum Gasteiger partial charge on any atom is -0.387 e. The van der Waals surface area contributed by atoms with Gasteiger partial charge in [0.25, 0.3) is 0 Å². The molecule has 0 aliphatic carbocycles. The second-order valence-electron chi connectivity index (χ2n) is 3.66. The van der Waals surface area contributed by atoms with E-state index in [0.29, 0.717) is 13.2 Å². The summed E-state index contributed by atoms with van der Waals surface area (Å²) >= 11 is 0. The summed E-state index contributed by atoms with van der Waals surface area (Å²) < 4.78 is 5.24. The molecule has 1 heterocycles. The van der Waals surface area contributed by atoms with Crippen LogP contribution >= 0.6 is 0 Å². The SMILES string of the molecule is CCOCC1(O)CCN(C)CC1. The van der Waals surface area contributed by atoms with Crippen LogP contribution in [0.3, 0.4) is 0 Å². The van der Waals surface area contributed by atoms with E-state index in [1.165, 1.54) is 0 Å². The van der Waals surface area contributed by atoms with Crippen molar-refractivity contribution in [3.05, 3.63) is 0 Å². The highest BCUT2D eigenvalue weighted by Gasteiger charge is 2.30. The first kappa shape index (κ1) is 9.96. The standard InChI is InChI=1S/C9H19NO2/c1-3-12-8-9(11)4-6-10(2)7-5-9/h11H,3-8H2,1-2H3. The van der Waals surface area contributed by atoms with Crippen molar-refractivity contribution in [2.24, 2.45) is 0 Å². The van der Waals surface area contributed by atoms with Crippen LogP contribution in [0.5, 0.6) is 0 Å². The van der Waals surface area contributed by atoms with Crippen molar-refractivity contribution in [1.82, 2.24) is 4.90 Å². The van der Waals surface area contributed by atoms with Crippen LogP contribution in [0.2, 0.25) is 0 Å². The van der Waals surface area contributed by atoms with Gasteiger partial charge < -0.3 is 14.7 Å². The Morgan fingerprint density at radius 3 is 2.50 bits per heavy atom. The van der Waals surface area contributed by atoms with Crippen LogP contribution in [-0.4, -0.2) is 49.0 Å². The van der Waals surface area contributed by atoms with E-state index in [1.54, 1.807) is 0 Å². The summed E-state index contributed by atoms with van der Waals surface area (Å²) in [6.45, 7) is 5.10. The molecule has 0 spiro atoms. The van der Waals surface area contributed by atoms with Crippen molar-refractivity contribution in [3.8, 4) is 0 Å². The van der Waals surface area contributed by atoms with Gasteiger partial charge in [0.05, 0.1) is 12.2 Å². The zero-order chi connectivity index (χ0) is 9.03. The molecule has 12 heavy (non-hydrogen) atoms. The summed E-state index contributed by atoms with van der Waals surface area (Å²) in [5.74, 6) is 0. The molecule has 3 nitrogen and oxygen atoms in total. The average Bonchev–Trinajstić information content (AvgIpc) is 2.08. The molecule has 0 radical (unpaired) electrons. The van der Waals surface area contributed by atoms with Gasteiger partial charge in [-0.3, -0.25) is 0 Å². The number of likely N-dealkylation sites (tertiary alicyclic amines) is 1. The first-order valence-corrected chi connectivity index (χ1v) is 4.65. The second-order valence-corrected chi connectivity index (χ2v) is 3.66. The van der Waals surface area contributed by atoms with Crippen LogP contribution in [0.1, 0.15) is 19.8 Å². The van der Waals surface area contributed by atoms with E-state index in [1.807, 2.05) is 6.92 Å². The zero-order valence-electron chi connectivity index (χ0n) is 8.05. The fraction of sp³-hybridized carbons (Fsp3) is 1.00. The lowest BCUT2D eigenvalue weighted by Gasteiger charge is -2.36. The molecule has 72 valence electrons. The van der Waals surface area contributed by atoms with E-state index in [2.05, 4.69) is 11.9 Å². The van der Waals surface area contributed by atoms with Crippen molar-refractivity contribution >= 4 is 0 Å². The number of ether oxygens (including phenoxy) is 1. The van der Waals surface area contributed by atoms with Gasteiger partial charge in [0.1, 0.15) is 0 Å². The van der Waals surface area contributed by atoms with Crippen molar-refractivity contribution in [2.75, 3.05) is 33.4 Å². The molecule has 0 amide bonds. The largest absolute Gasteiger partial charge is 0.387 e. The molecule has 0 bridgehead atoms. The van der Waals surface area contributed by atoms with E-state index in [0.717, 1.165) is 25.9 Å². The summed E-state index contributed by atoms with van der Waals surface area (Å²) in [5, 5.41) is 9.97. The summed E-state index contributed by atoms with van der Waals surface area (Å²) in [6.07, 6.45) is 1.67. The smallest absolute Gasteiger partial charge is 0.0904 e. The maximum atomic E-state index is 9.97. The van der Waals surface area contributed by atoms with Crippen molar-refractivity contribution in [2.45, 2.75) is 25.4 Å². The van der Waals surface area contributed by atoms with E-state index in [4.69, 9.17) is 4.74 Å². The number of hydrogen-bond acceptors (Lipinski definition) is 3. The van der Waals surface area contributed by atoms with E-state index in [9.17, 15) is 5.11 Å². The maximum absolute atomic E-state index is 9.97. The topological polar surface area (TPSA) is 32.7 Å².